The molecular weight excluding hydrogens is 456 g/mol. The third-order valence-corrected chi connectivity index (χ3v) is 7.03. The average Bonchev–Trinajstić information content (AvgIpc) is 2.94. The molecule has 0 spiro atoms. The van der Waals surface area contributed by atoms with Gasteiger partial charge in [0.05, 0.1) is 38.5 Å². The van der Waals surface area contributed by atoms with E-state index in [9.17, 15) is 4.79 Å². The summed E-state index contributed by atoms with van der Waals surface area (Å²) >= 11 is 0. The minimum absolute atomic E-state index is 0.0550. The minimum Gasteiger partial charge on any atom is -0.493 e. The second-order valence-corrected chi connectivity index (χ2v) is 9.26. The van der Waals surface area contributed by atoms with Gasteiger partial charge in [0.2, 0.25) is 0 Å². The Morgan fingerprint density at radius 1 is 1.03 bits per heavy atom. The van der Waals surface area contributed by atoms with Crippen LogP contribution >= 0.6 is 0 Å². The molecule has 0 unspecified atom stereocenters. The molecule has 0 atom stereocenters. The van der Waals surface area contributed by atoms with Crippen LogP contribution in [0.4, 0.5) is 5.82 Å². The smallest absolute Gasteiger partial charge is 0.252 e. The summed E-state index contributed by atoms with van der Waals surface area (Å²) < 4.78 is 16.4. The van der Waals surface area contributed by atoms with Gasteiger partial charge in [0, 0.05) is 38.1 Å². The third kappa shape index (κ3) is 5.24. The fourth-order valence-corrected chi connectivity index (χ4v) is 5.01. The molecule has 1 N–H and O–H groups in total. The third-order valence-electron chi connectivity index (χ3n) is 7.03. The standard InChI is InChI=1S/C28H34N4O4/c1-34-25-16-20-8-11-32(19-21(20)17-26(25)35-2)27-18-23(22-6-3-4-7-24(22)30-27)28(33)29-9-5-10-31-12-14-36-15-13-31/h3-4,6-7,16-18H,5,8-15,19H2,1-2H3,(H,29,33). The Labute approximate surface area is 212 Å². The first-order valence-corrected chi connectivity index (χ1v) is 12.6. The number of para-hydroxylation sites is 1. The number of aromatic nitrogens is 1. The number of nitrogens with zero attached hydrogens (tertiary/aromatic N) is 3. The van der Waals surface area contributed by atoms with E-state index in [1.54, 1.807) is 14.2 Å². The van der Waals surface area contributed by atoms with Crippen LogP contribution in [0.3, 0.4) is 0 Å². The van der Waals surface area contributed by atoms with Gasteiger partial charge in [0.15, 0.2) is 11.5 Å². The Balaban J connectivity index is 1.33. The Morgan fingerprint density at radius 3 is 2.56 bits per heavy atom. The second-order valence-electron chi connectivity index (χ2n) is 9.26. The van der Waals surface area contributed by atoms with Crippen molar-refractivity contribution in [1.29, 1.82) is 0 Å². The van der Waals surface area contributed by atoms with Gasteiger partial charge in [-0.15, -0.1) is 0 Å². The summed E-state index contributed by atoms with van der Waals surface area (Å²) in [4.78, 5) is 22.8. The van der Waals surface area contributed by atoms with Crippen LogP contribution in [0, 0.1) is 0 Å². The number of ether oxygens (including phenoxy) is 3. The van der Waals surface area contributed by atoms with Crippen molar-refractivity contribution in [2.24, 2.45) is 0 Å². The molecule has 3 heterocycles. The van der Waals surface area contributed by atoms with Crippen LogP contribution in [0.2, 0.25) is 0 Å². The van der Waals surface area contributed by atoms with Gasteiger partial charge in [0.25, 0.3) is 5.91 Å². The first kappa shape index (κ1) is 24.3. The summed E-state index contributed by atoms with van der Waals surface area (Å²) in [5, 5.41) is 4.00. The molecule has 2 aliphatic heterocycles. The number of carbonyl (C=O) groups excluding carboxylic acids is 1. The summed E-state index contributed by atoms with van der Waals surface area (Å²) in [5.74, 6) is 2.23. The molecule has 1 aromatic heterocycles. The van der Waals surface area contributed by atoms with Crippen LogP contribution in [0.5, 0.6) is 11.5 Å². The van der Waals surface area contributed by atoms with Crippen molar-refractivity contribution in [3.05, 3.63) is 59.2 Å². The number of nitrogens with one attached hydrogen (secondary N) is 1. The number of anilines is 1. The van der Waals surface area contributed by atoms with Crippen molar-refractivity contribution in [3.63, 3.8) is 0 Å². The van der Waals surface area contributed by atoms with Crippen LogP contribution in [0.1, 0.15) is 27.9 Å². The number of benzene rings is 2. The van der Waals surface area contributed by atoms with Gasteiger partial charge in [-0.25, -0.2) is 4.98 Å². The molecule has 5 rings (SSSR count). The van der Waals surface area contributed by atoms with Crippen LogP contribution in [0.15, 0.2) is 42.5 Å². The molecule has 0 bridgehead atoms. The molecule has 2 aliphatic rings. The van der Waals surface area contributed by atoms with Crippen molar-refractivity contribution < 1.29 is 19.0 Å². The summed E-state index contributed by atoms with van der Waals surface area (Å²) in [7, 11) is 3.31. The first-order chi connectivity index (χ1) is 17.7. The highest BCUT2D eigenvalue weighted by atomic mass is 16.5. The van der Waals surface area contributed by atoms with Gasteiger partial charge in [-0.2, -0.15) is 0 Å². The fraction of sp³-hybridized carbons (Fsp3) is 0.429. The van der Waals surface area contributed by atoms with E-state index < -0.39 is 0 Å². The van der Waals surface area contributed by atoms with Gasteiger partial charge in [-0.3, -0.25) is 9.69 Å². The Morgan fingerprint density at radius 2 is 1.78 bits per heavy atom. The number of carbonyl (C=O) groups is 1. The van der Waals surface area contributed by atoms with E-state index in [4.69, 9.17) is 19.2 Å². The van der Waals surface area contributed by atoms with Crippen LogP contribution in [-0.4, -0.2) is 75.9 Å². The molecule has 36 heavy (non-hydrogen) atoms. The summed E-state index contributed by atoms with van der Waals surface area (Å²) in [5.41, 5.74) is 3.93. The van der Waals surface area contributed by atoms with Gasteiger partial charge in [-0.1, -0.05) is 18.2 Å². The summed E-state index contributed by atoms with van der Waals surface area (Å²) in [6, 6.07) is 13.9. The highest BCUT2D eigenvalue weighted by molar-refractivity contribution is 6.07. The Hall–Kier alpha value is -3.36. The lowest BCUT2D eigenvalue weighted by molar-refractivity contribution is 0.0374. The van der Waals surface area contributed by atoms with Crippen molar-refractivity contribution in [1.82, 2.24) is 15.2 Å². The first-order valence-electron chi connectivity index (χ1n) is 12.6. The molecule has 3 aromatic rings. The molecule has 1 amide bonds. The lowest BCUT2D eigenvalue weighted by Crippen LogP contribution is -2.38. The zero-order valence-electron chi connectivity index (χ0n) is 21.1. The minimum atomic E-state index is -0.0550. The molecule has 0 radical (unpaired) electrons. The van der Waals surface area contributed by atoms with Crippen LogP contribution in [0.25, 0.3) is 10.9 Å². The number of amides is 1. The molecule has 8 heteroatoms. The highest BCUT2D eigenvalue weighted by Crippen LogP contribution is 2.34. The maximum Gasteiger partial charge on any atom is 0.252 e. The van der Waals surface area contributed by atoms with E-state index in [1.165, 1.54) is 11.1 Å². The molecular formula is C28H34N4O4. The predicted octanol–water partition coefficient (Wildman–Crippen LogP) is 3.27. The van der Waals surface area contributed by atoms with E-state index in [0.29, 0.717) is 18.7 Å². The molecule has 8 nitrogen and oxygen atoms in total. The maximum atomic E-state index is 13.3. The van der Waals surface area contributed by atoms with E-state index >= 15 is 0 Å². The molecule has 1 fully saturated rings. The Bertz CT molecular complexity index is 1230. The fourth-order valence-electron chi connectivity index (χ4n) is 5.01. The van der Waals surface area contributed by atoms with E-state index in [0.717, 1.165) is 80.5 Å². The lowest BCUT2D eigenvalue weighted by Gasteiger charge is -2.31. The van der Waals surface area contributed by atoms with Crippen LogP contribution < -0.4 is 19.7 Å². The zero-order chi connectivity index (χ0) is 24.9. The number of pyridine rings is 1. The van der Waals surface area contributed by atoms with Gasteiger partial charge in [-0.05, 0) is 54.8 Å². The number of fused-ring (bicyclic) bond motifs is 2. The van der Waals surface area contributed by atoms with Crippen molar-refractivity contribution in [3.8, 4) is 11.5 Å². The van der Waals surface area contributed by atoms with Gasteiger partial charge >= 0.3 is 0 Å². The quantitative estimate of drug-likeness (QED) is 0.486. The van der Waals surface area contributed by atoms with Gasteiger partial charge < -0.3 is 24.4 Å². The Kier molecular flexibility index (Phi) is 7.53. The number of morpholine rings is 1. The summed E-state index contributed by atoms with van der Waals surface area (Å²) in [6.07, 6.45) is 1.78. The number of hydrogen-bond acceptors (Lipinski definition) is 7. The largest absolute Gasteiger partial charge is 0.493 e. The molecule has 2 aromatic carbocycles. The predicted molar refractivity (Wildman–Crippen MR) is 140 cm³/mol. The maximum absolute atomic E-state index is 13.3. The summed E-state index contributed by atoms with van der Waals surface area (Å²) in [6.45, 7) is 6.62. The molecule has 190 valence electrons. The molecule has 0 aliphatic carbocycles. The monoisotopic (exact) mass is 490 g/mol. The number of methoxy groups -OCH3 is 2. The SMILES string of the molecule is COc1cc2c(cc1OC)CN(c1cc(C(=O)NCCCN3CCOCC3)c3ccccc3n1)CC2. The second kappa shape index (κ2) is 11.1. The van der Waals surface area contributed by atoms with Crippen molar-refractivity contribution >= 4 is 22.6 Å². The zero-order valence-corrected chi connectivity index (χ0v) is 21.1. The van der Waals surface area contributed by atoms with Crippen molar-refractivity contribution in [2.45, 2.75) is 19.4 Å². The highest BCUT2D eigenvalue weighted by Gasteiger charge is 2.22. The number of rotatable bonds is 8. The van der Waals surface area contributed by atoms with E-state index in [2.05, 4.69) is 21.2 Å². The normalized spacial score (nSPS) is 16.0. The van der Waals surface area contributed by atoms with Gasteiger partial charge in [0.1, 0.15) is 5.82 Å². The number of hydrogen-bond donors (Lipinski definition) is 1. The van der Waals surface area contributed by atoms with Crippen LogP contribution in [-0.2, 0) is 17.7 Å². The van der Waals surface area contributed by atoms with E-state index in [-0.39, 0.29) is 5.91 Å². The molecule has 1 saturated heterocycles. The topological polar surface area (TPSA) is 76.2 Å². The van der Waals surface area contributed by atoms with Crippen molar-refractivity contribution in [2.75, 3.05) is 65.1 Å². The van der Waals surface area contributed by atoms with E-state index in [1.807, 2.05) is 36.4 Å². The molecule has 0 saturated carbocycles. The lowest BCUT2D eigenvalue weighted by atomic mass is 9.98. The average molecular weight is 491 g/mol.